The van der Waals surface area contributed by atoms with Crippen LogP contribution in [-0.4, -0.2) is 19.4 Å². The van der Waals surface area contributed by atoms with Crippen LogP contribution in [0.5, 0.6) is 0 Å². The van der Waals surface area contributed by atoms with Gasteiger partial charge in [-0.15, -0.1) is 0 Å². The molecule has 0 amide bonds. The molecule has 0 bridgehead atoms. The van der Waals surface area contributed by atoms with E-state index in [4.69, 9.17) is 7.85 Å². The molecule has 0 saturated heterocycles. The highest BCUT2D eigenvalue weighted by atomic mass is 16.2. The number of hydrogen-bond acceptors (Lipinski definition) is 2. The van der Waals surface area contributed by atoms with Gasteiger partial charge >= 0.3 is 0 Å². The van der Waals surface area contributed by atoms with E-state index in [9.17, 15) is 9.59 Å². The first-order valence-electron chi connectivity index (χ1n) is 2.54. The normalized spacial score (nSPS) is 29.2. The van der Waals surface area contributed by atoms with E-state index in [2.05, 4.69) is 0 Å². The predicted octanol–water partition coefficient (Wildman–Crippen LogP) is -0.125. The summed E-state index contributed by atoms with van der Waals surface area (Å²) in [5, 5.41) is 0. The molecule has 1 fully saturated rings. The molecule has 0 heterocycles. The molecule has 1 rings (SSSR count). The fourth-order valence-corrected chi connectivity index (χ4v) is 0.748. The van der Waals surface area contributed by atoms with E-state index in [1.807, 2.05) is 0 Å². The van der Waals surface area contributed by atoms with Gasteiger partial charge in [-0.25, -0.2) is 0 Å². The molecule has 0 spiro atoms. The summed E-state index contributed by atoms with van der Waals surface area (Å²) in [7, 11) is 5.20. The molecule has 1 atom stereocenters. The number of Topliss-reactive ketones (excluding diaryl/α,β-unsaturated/α-hetero) is 2. The van der Waals surface area contributed by atoms with Crippen LogP contribution in [-0.2, 0) is 9.59 Å². The minimum Gasteiger partial charge on any atom is -0.291 e. The standard InChI is InChI=1S/C5H5BO2/c6-3-1-2-4(7)5(3)8/h3H,1-2H2. The lowest BCUT2D eigenvalue weighted by Crippen LogP contribution is -2.07. The van der Waals surface area contributed by atoms with Gasteiger partial charge in [0.1, 0.15) is 0 Å². The largest absolute Gasteiger partial charge is 0.291 e. The Morgan fingerprint density at radius 1 is 1.50 bits per heavy atom. The summed E-state index contributed by atoms with van der Waals surface area (Å²) in [6.45, 7) is 0. The SMILES string of the molecule is [B]C1CCC(=O)C1=O. The van der Waals surface area contributed by atoms with E-state index in [1.54, 1.807) is 0 Å². The Labute approximate surface area is 48.7 Å². The highest BCUT2D eigenvalue weighted by Gasteiger charge is 2.27. The van der Waals surface area contributed by atoms with Crippen LogP contribution in [0.2, 0.25) is 5.82 Å². The quantitative estimate of drug-likeness (QED) is 0.320. The summed E-state index contributed by atoms with van der Waals surface area (Å²) >= 11 is 0. The molecule has 1 aliphatic carbocycles. The van der Waals surface area contributed by atoms with Crippen LogP contribution in [0.15, 0.2) is 0 Å². The first-order valence-corrected chi connectivity index (χ1v) is 2.54. The minimum atomic E-state index is -0.498. The van der Waals surface area contributed by atoms with Crippen molar-refractivity contribution in [2.45, 2.75) is 18.7 Å². The number of ketones is 2. The minimum absolute atomic E-state index is 0.308. The smallest absolute Gasteiger partial charge is 0.197 e. The third kappa shape index (κ3) is 0.682. The van der Waals surface area contributed by atoms with Crippen molar-refractivity contribution in [3.63, 3.8) is 0 Å². The Balaban J connectivity index is 2.71. The maximum atomic E-state index is 10.4. The summed E-state index contributed by atoms with van der Waals surface area (Å²) in [5.74, 6) is -1.20. The van der Waals surface area contributed by atoms with Gasteiger partial charge in [0.05, 0.1) is 7.85 Å². The fourth-order valence-electron chi connectivity index (χ4n) is 0.748. The molecule has 1 saturated carbocycles. The number of hydrogen-bond donors (Lipinski definition) is 0. The maximum Gasteiger partial charge on any atom is 0.197 e. The third-order valence-corrected chi connectivity index (χ3v) is 1.29. The van der Waals surface area contributed by atoms with Crippen LogP contribution in [0.4, 0.5) is 0 Å². The van der Waals surface area contributed by atoms with Crippen LogP contribution in [0.3, 0.4) is 0 Å². The molecule has 1 unspecified atom stereocenters. The van der Waals surface area contributed by atoms with Gasteiger partial charge in [-0.2, -0.15) is 0 Å². The Morgan fingerprint density at radius 3 is 2.25 bits per heavy atom. The zero-order chi connectivity index (χ0) is 6.15. The summed E-state index contributed by atoms with van der Waals surface area (Å²) in [6, 6.07) is 0. The molecule has 1 aliphatic rings. The molecule has 0 N–H and O–H groups in total. The zero-order valence-corrected chi connectivity index (χ0v) is 4.39. The second-order valence-corrected chi connectivity index (χ2v) is 1.93. The molecule has 0 aliphatic heterocycles. The van der Waals surface area contributed by atoms with Crippen LogP contribution >= 0.6 is 0 Å². The Kier molecular flexibility index (Phi) is 1.20. The molecule has 0 aromatic rings. The highest BCUT2D eigenvalue weighted by molar-refractivity contribution is 6.49. The van der Waals surface area contributed by atoms with Crippen molar-refractivity contribution in [3.8, 4) is 0 Å². The van der Waals surface area contributed by atoms with Crippen molar-refractivity contribution in [2.24, 2.45) is 0 Å². The Hall–Kier alpha value is -0.595. The van der Waals surface area contributed by atoms with Crippen molar-refractivity contribution >= 4 is 19.4 Å². The molecular weight excluding hydrogens is 103 g/mol. The van der Waals surface area contributed by atoms with Gasteiger partial charge in [0.15, 0.2) is 11.6 Å². The number of carbonyl (C=O) groups is 2. The Bertz CT molecular complexity index is 141. The lowest BCUT2D eigenvalue weighted by atomic mass is 9.85. The fraction of sp³-hybridized carbons (Fsp3) is 0.600. The van der Waals surface area contributed by atoms with Crippen LogP contribution in [0, 0.1) is 0 Å². The van der Waals surface area contributed by atoms with Crippen LogP contribution in [0.1, 0.15) is 12.8 Å². The molecule has 0 aromatic carbocycles. The summed E-state index contributed by atoms with van der Waals surface area (Å²) in [4.78, 5) is 20.8. The van der Waals surface area contributed by atoms with Gasteiger partial charge < -0.3 is 0 Å². The second kappa shape index (κ2) is 1.73. The summed E-state index contributed by atoms with van der Waals surface area (Å²) in [5.41, 5.74) is 0. The van der Waals surface area contributed by atoms with Crippen molar-refractivity contribution in [3.05, 3.63) is 0 Å². The van der Waals surface area contributed by atoms with E-state index in [1.165, 1.54) is 0 Å². The summed E-state index contributed by atoms with van der Waals surface area (Å²) in [6.07, 6.45) is 0.887. The second-order valence-electron chi connectivity index (χ2n) is 1.93. The van der Waals surface area contributed by atoms with Crippen molar-refractivity contribution < 1.29 is 9.59 Å². The van der Waals surface area contributed by atoms with E-state index in [0.717, 1.165) is 0 Å². The molecule has 0 aromatic heterocycles. The van der Waals surface area contributed by atoms with Crippen LogP contribution < -0.4 is 0 Å². The molecule has 40 valence electrons. The van der Waals surface area contributed by atoms with Gasteiger partial charge in [0, 0.05) is 6.42 Å². The van der Waals surface area contributed by atoms with Gasteiger partial charge in [-0.3, -0.25) is 9.59 Å². The lowest BCUT2D eigenvalue weighted by molar-refractivity contribution is -0.133. The van der Waals surface area contributed by atoms with E-state index < -0.39 is 11.6 Å². The molecular formula is C5H5BO2. The summed E-state index contributed by atoms with van der Waals surface area (Å²) < 4.78 is 0. The van der Waals surface area contributed by atoms with Crippen molar-refractivity contribution in [1.29, 1.82) is 0 Å². The van der Waals surface area contributed by atoms with Crippen LogP contribution in [0.25, 0.3) is 0 Å². The zero-order valence-electron chi connectivity index (χ0n) is 4.39. The monoisotopic (exact) mass is 108 g/mol. The number of rotatable bonds is 0. The topological polar surface area (TPSA) is 34.1 Å². The molecule has 8 heavy (non-hydrogen) atoms. The van der Waals surface area contributed by atoms with Gasteiger partial charge in [0.25, 0.3) is 0 Å². The van der Waals surface area contributed by atoms with Crippen molar-refractivity contribution in [1.82, 2.24) is 0 Å². The first kappa shape index (κ1) is 5.54. The van der Waals surface area contributed by atoms with E-state index in [0.29, 0.717) is 12.8 Å². The molecule has 2 nitrogen and oxygen atoms in total. The average Bonchev–Trinajstić information content (AvgIpc) is 1.98. The van der Waals surface area contributed by atoms with Crippen molar-refractivity contribution in [2.75, 3.05) is 0 Å². The Morgan fingerprint density at radius 2 is 2.12 bits per heavy atom. The van der Waals surface area contributed by atoms with Gasteiger partial charge in [-0.1, -0.05) is 0 Å². The lowest BCUT2D eigenvalue weighted by Gasteiger charge is -1.89. The number of carbonyl (C=O) groups excluding carboxylic acids is 2. The molecule has 2 radical (unpaired) electrons. The predicted molar refractivity (Wildman–Crippen MR) is 28.8 cm³/mol. The highest BCUT2D eigenvalue weighted by Crippen LogP contribution is 2.19. The maximum absolute atomic E-state index is 10.4. The molecule has 3 heteroatoms. The van der Waals surface area contributed by atoms with Gasteiger partial charge in [-0.05, 0) is 12.2 Å². The van der Waals surface area contributed by atoms with E-state index >= 15 is 0 Å². The first-order chi connectivity index (χ1) is 3.72. The third-order valence-electron chi connectivity index (χ3n) is 1.29. The van der Waals surface area contributed by atoms with Gasteiger partial charge in [0.2, 0.25) is 0 Å². The van der Waals surface area contributed by atoms with E-state index in [-0.39, 0.29) is 5.78 Å². The average molecular weight is 108 g/mol.